The van der Waals surface area contributed by atoms with Crippen molar-refractivity contribution in [2.45, 2.75) is 13.8 Å². The predicted octanol–water partition coefficient (Wildman–Crippen LogP) is 3.90. The van der Waals surface area contributed by atoms with E-state index < -0.39 is 0 Å². The van der Waals surface area contributed by atoms with Gasteiger partial charge in [0.15, 0.2) is 5.78 Å². The minimum Gasteiger partial charge on any atom is -0.508 e. The molecule has 2 aromatic carbocycles. The van der Waals surface area contributed by atoms with Gasteiger partial charge in [-0.3, -0.25) is 4.79 Å². The Kier molecular flexibility index (Phi) is 4.20. The van der Waals surface area contributed by atoms with Crippen LogP contribution in [-0.4, -0.2) is 10.9 Å². The molecule has 2 rings (SSSR count). The summed E-state index contributed by atoms with van der Waals surface area (Å²) in [6.07, 6.45) is 1.57. The van der Waals surface area contributed by atoms with Crippen LogP contribution in [0.5, 0.6) is 5.75 Å². The van der Waals surface area contributed by atoms with Gasteiger partial charge in [0.2, 0.25) is 0 Å². The lowest BCUT2D eigenvalue weighted by Gasteiger charge is -2.10. The molecule has 0 saturated carbocycles. The molecule has 0 saturated heterocycles. The number of hydrogen-bond donors (Lipinski definition) is 2. The zero-order valence-corrected chi connectivity index (χ0v) is 11.6. The van der Waals surface area contributed by atoms with Crippen LogP contribution in [0.2, 0.25) is 0 Å². The summed E-state index contributed by atoms with van der Waals surface area (Å²) in [5.74, 6) is 0.196. The molecule has 0 bridgehead atoms. The van der Waals surface area contributed by atoms with Crippen LogP contribution in [0.1, 0.15) is 22.8 Å². The van der Waals surface area contributed by atoms with Crippen LogP contribution in [0, 0.1) is 6.92 Å². The number of anilines is 1. The first kappa shape index (κ1) is 13.9. The quantitative estimate of drug-likeness (QED) is 0.502. The molecule has 0 aliphatic carbocycles. The smallest absolute Gasteiger partial charge is 0.187 e. The van der Waals surface area contributed by atoms with Crippen LogP contribution >= 0.6 is 0 Å². The number of allylic oxidation sites excluding steroid dienone is 2. The summed E-state index contributed by atoms with van der Waals surface area (Å²) < 4.78 is 0. The van der Waals surface area contributed by atoms with Crippen LogP contribution in [0.4, 0.5) is 5.69 Å². The number of benzene rings is 2. The molecule has 0 spiro atoms. The van der Waals surface area contributed by atoms with E-state index in [4.69, 9.17) is 0 Å². The molecule has 0 heterocycles. The largest absolute Gasteiger partial charge is 0.508 e. The van der Waals surface area contributed by atoms with Gasteiger partial charge in [-0.1, -0.05) is 30.3 Å². The molecule has 0 radical (unpaired) electrons. The Morgan fingerprint density at radius 2 is 1.85 bits per heavy atom. The summed E-state index contributed by atoms with van der Waals surface area (Å²) in [6, 6.07) is 14.2. The van der Waals surface area contributed by atoms with E-state index in [0.29, 0.717) is 5.56 Å². The molecule has 3 heteroatoms. The Hall–Kier alpha value is -2.55. The van der Waals surface area contributed by atoms with Crippen molar-refractivity contribution in [1.29, 1.82) is 0 Å². The van der Waals surface area contributed by atoms with Crippen molar-refractivity contribution in [2.24, 2.45) is 0 Å². The Morgan fingerprint density at radius 3 is 2.50 bits per heavy atom. The number of carbonyl (C=O) groups is 1. The van der Waals surface area contributed by atoms with E-state index in [0.717, 1.165) is 16.9 Å². The van der Waals surface area contributed by atoms with Gasteiger partial charge in [0.1, 0.15) is 5.75 Å². The maximum absolute atomic E-state index is 12.0. The van der Waals surface area contributed by atoms with Gasteiger partial charge < -0.3 is 10.4 Å². The van der Waals surface area contributed by atoms with Gasteiger partial charge in [0.05, 0.1) is 0 Å². The zero-order chi connectivity index (χ0) is 14.5. The molecule has 0 aliphatic heterocycles. The first-order valence-corrected chi connectivity index (χ1v) is 6.40. The normalized spacial score (nSPS) is 11.2. The standard InChI is InChI=1S/C17H17NO2/c1-12-10-15(19)8-9-16(12)18-13(2)11-17(20)14-6-4-3-5-7-14/h3-11,18-19H,1-2H3/b13-11+. The molecule has 0 aromatic heterocycles. The van der Waals surface area contributed by atoms with Crippen molar-refractivity contribution < 1.29 is 9.90 Å². The lowest BCUT2D eigenvalue weighted by Crippen LogP contribution is -2.02. The summed E-state index contributed by atoms with van der Waals surface area (Å²) in [5.41, 5.74) is 3.21. The van der Waals surface area contributed by atoms with Gasteiger partial charge in [0, 0.05) is 23.0 Å². The summed E-state index contributed by atoms with van der Waals surface area (Å²) in [6.45, 7) is 3.74. The summed E-state index contributed by atoms with van der Waals surface area (Å²) in [4.78, 5) is 12.0. The third-order valence-electron chi connectivity index (χ3n) is 2.95. The summed E-state index contributed by atoms with van der Waals surface area (Å²) in [5, 5.41) is 12.5. The van der Waals surface area contributed by atoms with Crippen molar-refractivity contribution in [3.05, 3.63) is 71.4 Å². The summed E-state index contributed by atoms with van der Waals surface area (Å²) >= 11 is 0. The van der Waals surface area contributed by atoms with Crippen molar-refractivity contribution in [1.82, 2.24) is 0 Å². The Bertz CT molecular complexity index is 645. The lowest BCUT2D eigenvalue weighted by molar-refractivity contribution is 0.104. The second-order valence-electron chi connectivity index (χ2n) is 4.68. The first-order valence-electron chi connectivity index (χ1n) is 6.40. The fourth-order valence-corrected chi connectivity index (χ4v) is 1.92. The van der Waals surface area contributed by atoms with E-state index >= 15 is 0 Å². The van der Waals surface area contributed by atoms with E-state index in [2.05, 4.69) is 5.32 Å². The van der Waals surface area contributed by atoms with Gasteiger partial charge in [0.25, 0.3) is 0 Å². The zero-order valence-electron chi connectivity index (χ0n) is 11.6. The van der Waals surface area contributed by atoms with Gasteiger partial charge >= 0.3 is 0 Å². The third-order valence-corrected chi connectivity index (χ3v) is 2.95. The van der Waals surface area contributed by atoms with Crippen molar-refractivity contribution in [3.8, 4) is 5.75 Å². The van der Waals surface area contributed by atoms with Crippen LogP contribution < -0.4 is 5.32 Å². The number of aryl methyl sites for hydroxylation is 1. The molecule has 3 nitrogen and oxygen atoms in total. The fourth-order valence-electron chi connectivity index (χ4n) is 1.92. The van der Waals surface area contributed by atoms with Gasteiger partial charge in [-0.05, 0) is 37.6 Å². The average Bonchev–Trinajstić information content (AvgIpc) is 2.43. The van der Waals surface area contributed by atoms with Crippen molar-refractivity contribution >= 4 is 11.5 Å². The molecule has 2 N–H and O–H groups in total. The summed E-state index contributed by atoms with van der Waals surface area (Å²) in [7, 11) is 0. The molecule has 0 aliphatic rings. The molecule has 20 heavy (non-hydrogen) atoms. The number of carbonyl (C=O) groups excluding carboxylic acids is 1. The molecule has 2 aromatic rings. The molecule has 0 fully saturated rings. The fraction of sp³-hybridized carbons (Fsp3) is 0.118. The number of phenols is 1. The molecule has 0 amide bonds. The molecule has 102 valence electrons. The van der Waals surface area contributed by atoms with Crippen LogP contribution in [0.3, 0.4) is 0 Å². The van der Waals surface area contributed by atoms with E-state index in [-0.39, 0.29) is 11.5 Å². The maximum Gasteiger partial charge on any atom is 0.187 e. The Labute approximate surface area is 118 Å². The highest BCUT2D eigenvalue weighted by molar-refractivity contribution is 6.05. The molecular formula is C17H17NO2. The number of ketones is 1. The highest BCUT2D eigenvalue weighted by Gasteiger charge is 2.04. The first-order chi connectivity index (χ1) is 9.56. The van der Waals surface area contributed by atoms with Crippen LogP contribution in [-0.2, 0) is 0 Å². The van der Waals surface area contributed by atoms with Gasteiger partial charge in [-0.2, -0.15) is 0 Å². The Balaban J connectivity index is 2.13. The van der Waals surface area contributed by atoms with E-state index in [1.807, 2.05) is 32.0 Å². The third kappa shape index (κ3) is 3.48. The topological polar surface area (TPSA) is 49.3 Å². The minimum atomic E-state index is -0.0352. The Morgan fingerprint density at radius 1 is 1.15 bits per heavy atom. The van der Waals surface area contributed by atoms with E-state index in [1.54, 1.807) is 36.4 Å². The van der Waals surface area contributed by atoms with Gasteiger partial charge in [-0.25, -0.2) is 0 Å². The average molecular weight is 267 g/mol. The maximum atomic E-state index is 12.0. The van der Waals surface area contributed by atoms with Crippen molar-refractivity contribution in [3.63, 3.8) is 0 Å². The number of rotatable bonds is 4. The number of phenolic OH excluding ortho intramolecular Hbond substituents is 1. The molecule has 0 atom stereocenters. The second-order valence-corrected chi connectivity index (χ2v) is 4.68. The highest BCUT2D eigenvalue weighted by Crippen LogP contribution is 2.21. The second kappa shape index (κ2) is 6.06. The number of hydrogen-bond acceptors (Lipinski definition) is 3. The molecular weight excluding hydrogens is 250 g/mol. The van der Waals surface area contributed by atoms with Crippen molar-refractivity contribution in [2.75, 3.05) is 5.32 Å². The number of nitrogens with one attached hydrogen (secondary N) is 1. The van der Waals surface area contributed by atoms with Gasteiger partial charge in [-0.15, -0.1) is 0 Å². The van der Waals surface area contributed by atoms with E-state index in [9.17, 15) is 9.90 Å². The SMILES string of the molecule is C/C(=C\C(=O)c1ccccc1)Nc1ccc(O)cc1C. The number of aromatic hydroxyl groups is 1. The minimum absolute atomic E-state index is 0.0352. The molecule has 0 unspecified atom stereocenters. The van der Waals surface area contributed by atoms with Crippen LogP contribution in [0.25, 0.3) is 0 Å². The monoisotopic (exact) mass is 267 g/mol. The highest BCUT2D eigenvalue weighted by atomic mass is 16.3. The van der Waals surface area contributed by atoms with Crippen LogP contribution in [0.15, 0.2) is 60.3 Å². The van der Waals surface area contributed by atoms with E-state index in [1.165, 1.54) is 0 Å². The predicted molar refractivity (Wildman–Crippen MR) is 81.0 cm³/mol. The lowest BCUT2D eigenvalue weighted by atomic mass is 10.1.